The Bertz CT molecular complexity index is 357. The minimum absolute atomic E-state index is 0. The van der Waals surface area contributed by atoms with Gasteiger partial charge in [-0.2, -0.15) is 0 Å². The molecule has 0 aromatic heterocycles. The molecule has 1 aliphatic carbocycles. The molecule has 1 fully saturated rings. The molecule has 0 heterocycles. The van der Waals surface area contributed by atoms with E-state index >= 15 is 0 Å². The Morgan fingerprint density at radius 2 is 1.47 bits per heavy atom. The fourth-order valence-electron chi connectivity index (χ4n) is 2.28. The molecular formula is C8H20Na2O7P2. The van der Waals surface area contributed by atoms with Crippen molar-refractivity contribution in [2.24, 2.45) is 11.8 Å². The summed E-state index contributed by atoms with van der Waals surface area (Å²) in [4.78, 5) is 36.0. The van der Waals surface area contributed by atoms with E-state index in [1.807, 2.05) is 6.92 Å². The predicted molar refractivity (Wildman–Crippen MR) is 74.5 cm³/mol. The van der Waals surface area contributed by atoms with Crippen LogP contribution < -0.4 is 0 Å². The van der Waals surface area contributed by atoms with E-state index in [1.165, 1.54) is 0 Å². The molecule has 0 radical (unpaired) electrons. The Kier molecular flexibility index (Phi) is 10.2. The molecule has 0 aliphatic heterocycles. The van der Waals surface area contributed by atoms with Crippen molar-refractivity contribution < 1.29 is 33.8 Å². The van der Waals surface area contributed by atoms with Gasteiger partial charge in [-0.25, -0.2) is 0 Å². The third kappa shape index (κ3) is 5.43. The summed E-state index contributed by atoms with van der Waals surface area (Å²) in [5.74, 6) is -0.181. The van der Waals surface area contributed by atoms with Gasteiger partial charge in [0.2, 0.25) is 0 Å². The molecule has 0 bridgehead atoms. The molecule has 11 heteroatoms. The van der Waals surface area contributed by atoms with E-state index in [9.17, 15) is 14.2 Å². The van der Waals surface area contributed by atoms with Crippen LogP contribution in [0.5, 0.6) is 0 Å². The van der Waals surface area contributed by atoms with Crippen LogP contribution >= 0.6 is 15.2 Å². The first-order valence-corrected chi connectivity index (χ1v) is 8.55. The third-order valence-electron chi connectivity index (χ3n) is 3.51. The van der Waals surface area contributed by atoms with E-state index in [2.05, 4.69) is 0 Å². The Morgan fingerprint density at radius 3 is 1.74 bits per heavy atom. The molecule has 0 spiro atoms. The van der Waals surface area contributed by atoms with Crippen LogP contribution in [0.15, 0.2) is 0 Å². The van der Waals surface area contributed by atoms with Gasteiger partial charge < -0.3 is 24.7 Å². The van der Waals surface area contributed by atoms with Crippen molar-refractivity contribution in [2.75, 3.05) is 0 Å². The monoisotopic (exact) mass is 336 g/mol. The summed E-state index contributed by atoms with van der Waals surface area (Å²) in [6.45, 7) is 1.84. The molecule has 0 aromatic carbocycles. The maximum atomic E-state index is 11.1. The molecule has 106 valence electrons. The summed E-state index contributed by atoms with van der Waals surface area (Å²) in [6, 6.07) is 0. The van der Waals surface area contributed by atoms with Gasteiger partial charge in [0, 0.05) is 6.42 Å². The summed E-state index contributed by atoms with van der Waals surface area (Å²) in [5, 5.41) is 6.49. The van der Waals surface area contributed by atoms with E-state index < -0.39 is 26.7 Å². The normalized spacial score (nSPS) is 24.5. The van der Waals surface area contributed by atoms with Gasteiger partial charge in [0.1, 0.15) is 0 Å². The molecule has 5 N–H and O–H groups in total. The van der Waals surface area contributed by atoms with Crippen LogP contribution in [0.2, 0.25) is 0 Å². The van der Waals surface area contributed by atoms with Crippen molar-refractivity contribution in [3.8, 4) is 0 Å². The zero-order valence-electron chi connectivity index (χ0n) is 9.43. The first-order valence-electron chi connectivity index (χ1n) is 5.32. The number of hydrogen-bond donors (Lipinski definition) is 5. The Hall–Kier alpha value is 2.26. The molecule has 7 nitrogen and oxygen atoms in total. The predicted octanol–water partition coefficient (Wildman–Crippen LogP) is -0.483. The van der Waals surface area contributed by atoms with Gasteiger partial charge in [-0.3, -0.25) is 9.13 Å². The van der Waals surface area contributed by atoms with Crippen molar-refractivity contribution in [2.45, 2.75) is 37.7 Å². The Labute approximate surface area is 156 Å². The van der Waals surface area contributed by atoms with Gasteiger partial charge in [-0.15, -0.1) is 0 Å². The van der Waals surface area contributed by atoms with Crippen molar-refractivity contribution >= 4 is 74.3 Å². The van der Waals surface area contributed by atoms with E-state index in [4.69, 9.17) is 19.6 Å². The summed E-state index contributed by atoms with van der Waals surface area (Å²) in [6.07, 6.45) is 1.72. The SMILES string of the molecule is CC1CCCC1CC(O)(P(=O)(O)O)P(=O)(O)O.[NaH].[NaH]. The second kappa shape index (κ2) is 8.21. The number of rotatable bonds is 4. The Balaban J connectivity index is 0. The average molecular weight is 336 g/mol. The first kappa shape index (κ1) is 23.5. The van der Waals surface area contributed by atoms with Gasteiger partial charge in [-0.05, 0) is 11.8 Å². The average Bonchev–Trinajstić information content (AvgIpc) is 2.47. The van der Waals surface area contributed by atoms with Crippen LogP contribution in [0.25, 0.3) is 0 Å². The Morgan fingerprint density at radius 1 is 1.05 bits per heavy atom. The molecule has 1 saturated carbocycles. The molecule has 2 unspecified atom stereocenters. The second-order valence-corrected chi connectivity index (χ2v) is 8.74. The summed E-state index contributed by atoms with van der Waals surface area (Å²) in [7, 11) is -10.6. The summed E-state index contributed by atoms with van der Waals surface area (Å²) < 4.78 is 22.3. The summed E-state index contributed by atoms with van der Waals surface area (Å²) >= 11 is 0. The van der Waals surface area contributed by atoms with Crippen LogP contribution in [0.3, 0.4) is 0 Å². The van der Waals surface area contributed by atoms with Crippen LogP contribution in [-0.4, -0.2) is 88.9 Å². The van der Waals surface area contributed by atoms with Gasteiger partial charge in [0.25, 0.3) is 5.08 Å². The van der Waals surface area contributed by atoms with Crippen molar-refractivity contribution in [3.63, 3.8) is 0 Å². The van der Waals surface area contributed by atoms with E-state index in [0.29, 0.717) is 6.42 Å². The third-order valence-corrected chi connectivity index (χ3v) is 7.30. The van der Waals surface area contributed by atoms with Crippen molar-refractivity contribution in [1.82, 2.24) is 0 Å². The standard InChI is InChI=1S/C8H18O7P2.2Na.2H/c1-6-3-2-4-7(6)5-8(9,16(10,11)12)17(13,14)15;;;;/h6-7,9H,2-5H2,1H3,(H2,10,11,12)(H2,13,14,15);;;;. The first-order chi connectivity index (χ1) is 7.49. The zero-order chi connectivity index (χ0) is 13.5. The van der Waals surface area contributed by atoms with Gasteiger partial charge in [-0.1, -0.05) is 26.2 Å². The van der Waals surface area contributed by atoms with Crippen molar-refractivity contribution in [1.29, 1.82) is 0 Å². The van der Waals surface area contributed by atoms with Gasteiger partial charge in [0.15, 0.2) is 0 Å². The van der Waals surface area contributed by atoms with Crippen molar-refractivity contribution in [3.05, 3.63) is 0 Å². The summed E-state index contributed by atoms with van der Waals surface area (Å²) in [5.41, 5.74) is 0. The molecule has 0 aromatic rings. The number of hydrogen-bond acceptors (Lipinski definition) is 3. The van der Waals surface area contributed by atoms with Crippen LogP contribution in [0.1, 0.15) is 32.6 Å². The van der Waals surface area contributed by atoms with Crippen LogP contribution in [0, 0.1) is 11.8 Å². The molecule has 0 amide bonds. The van der Waals surface area contributed by atoms with Gasteiger partial charge in [0.05, 0.1) is 0 Å². The topological polar surface area (TPSA) is 135 Å². The number of aliphatic hydroxyl groups is 1. The molecule has 0 saturated heterocycles. The molecule has 2 atom stereocenters. The fraction of sp³-hybridized carbons (Fsp3) is 1.00. The van der Waals surface area contributed by atoms with E-state index in [-0.39, 0.29) is 71.0 Å². The zero-order valence-corrected chi connectivity index (χ0v) is 11.2. The molecule has 19 heavy (non-hydrogen) atoms. The maximum absolute atomic E-state index is 11.1. The van der Waals surface area contributed by atoms with Gasteiger partial charge >= 0.3 is 74.3 Å². The molecular weight excluding hydrogens is 316 g/mol. The fourth-order valence-corrected chi connectivity index (χ4v) is 4.59. The van der Waals surface area contributed by atoms with E-state index in [1.54, 1.807) is 0 Å². The molecule has 1 rings (SSSR count). The quantitative estimate of drug-likeness (QED) is 0.345. The minimum atomic E-state index is -5.30. The van der Waals surface area contributed by atoms with E-state index in [0.717, 1.165) is 12.8 Å². The van der Waals surface area contributed by atoms with Crippen LogP contribution in [0.4, 0.5) is 0 Å². The van der Waals surface area contributed by atoms with Crippen LogP contribution in [-0.2, 0) is 9.13 Å². The second-order valence-electron chi connectivity index (χ2n) is 4.73. The molecule has 1 aliphatic rings.